The summed E-state index contributed by atoms with van der Waals surface area (Å²) >= 11 is 0. The fourth-order valence-electron chi connectivity index (χ4n) is 8.88. The number of benzene rings is 8. The molecule has 11 rings (SSSR count). The molecule has 0 spiro atoms. The van der Waals surface area contributed by atoms with Crippen LogP contribution in [0.2, 0.25) is 0 Å². The predicted molar refractivity (Wildman–Crippen MR) is 228 cm³/mol. The highest BCUT2D eigenvalue weighted by atomic mass is 16.3. The van der Waals surface area contributed by atoms with Crippen LogP contribution in [0.3, 0.4) is 0 Å². The highest BCUT2D eigenvalue weighted by Crippen LogP contribution is 2.56. The molecule has 0 saturated carbocycles. The molecule has 0 amide bonds. The Labute approximate surface area is 325 Å². The van der Waals surface area contributed by atoms with E-state index in [1.807, 2.05) is 30.3 Å². The van der Waals surface area contributed by atoms with Gasteiger partial charge in [-0.15, -0.1) is 0 Å². The molecule has 0 bridgehead atoms. The van der Waals surface area contributed by atoms with Crippen LogP contribution in [-0.2, 0) is 5.41 Å². The van der Waals surface area contributed by atoms with Crippen molar-refractivity contribution in [1.82, 2.24) is 9.97 Å². The second-order valence-corrected chi connectivity index (χ2v) is 14.5. The van der Waals surface area contributed by atoms with E-state index in [2.05, 4.69) is 176 Å². The van der Waals surface area contributed by atoms with Crippen LogP contribution in [0.5, 0.6) is 0 Å². The van der Waals surface area contributed by atoms with Crippen molar-refractivity contribution < 1.29 is 4.42 Å². The van der Waals surface area contributed by atoms with Gasteiger partial charge >= 0.3 is 0 Å². The normalized spacial score (nSPS) is 12.8. The number of aromatic nitrogens is 2. The Balaban J connectivity index is 1.05. The number of furan rings is 1. The molecule has 56 heavy (non-hydrogen) atoms. The van der Waals surface area contributed by atoms with E-state index in [1.165, 1.54) is 33.4 Å². The maximum absolute atomic E-state index is 6.43. The minimum atomic E-state index is -0.456. The lowest BCUT2D eigenvalue weighted by Gasteiger charge is -2.34. The van der Waals surface area contributed by atoms with Gasteiger partial charge in [0.25, 0.3) is 0 Å². The summed E-state index contributed by atoms with van der Waals surface area (Å²) in [6.45, 7) is 0. The first-order chi connectivity index (χ1) is 27.8. The van der Waals surface area contributed by atoms with Crippen LogP contribution in [-0.4, -0.2) is 9.97 Å². The predicted octanol–water partition coefficient (Wildman–Crippen LogP) is 13.4. The lowest BCUT2D eigenvalue weighted by molar-refractivity contribution is 0.670. The van der Waals surface area contributed by atoms with E-state index < -0.39 is 5.41 Å². The summed E-state index contributed by atoms with van der Waals surface area (Å²) in [6, 6.07) is 73.2. The van der Waals surface area contributed by atoms with Gasteiger partial charge in [0.2, 0.25) is 0 Å². The molecule has 0 radical (unpaired) electrons. The zero-order valence-electron chi connectivity index (χ0n) is 30.4. The molecule has 262 valence electrons. The van der Waals surface area contributed by atoms with E-state index in [0.717, 1.165) is 61.1 Å². The first-order valence-corrected chi connectivity index (χ1v) is 19.1. The third-order valence-electron chi connectivity index (χ3n) is 11.4. The SMILES string of the molecule is c1ccc(-c2nc(-c3ccc(C4(c5ccccc5)c5ccccc5-c5ccccc54)cc3)cc(-c3cccc(-c4cccc5c4oc4ccccc45)c3)n2)cc1. The third-order valence-corrected chi connectivity index (χ3v) is 11.4. The number of fused-ring (bicyclic) bond motifs is 6. The van der Waals surface area contributed by atoms with Crippen molar-refractivity contribution in [3.8, 4) is 56.2 Å². The van der Waals surface area contributed by atoms with Crippen LogP contribution in [0.15, 0.2) is 211 Å². The van der Waals surface area contributed by atoms with E-state index in [4.69, 9.17) is 14.4 Å². The highest BCUT2D eigenvalue weighted by molar-refractivity contribution is 6.09. The third kappa shape index (κ3) is 4.98. The second kappa shape index (κ2) is 12.9. The zero-order chi connectivity index (χ0) is 37.1. The molecule has 10 aromatic rings. The Hall–Kier alpha value is -7.36. The van der Waals surface area contributed by atoms with E-state index in [9.17, 15) is 0 Å². The van der Waals surface area contributed by atoms with Crippen LogP contribution < -0.4 is 0 Å². The molecular formula is C53H34N2O. The van der Waals surface area contributed by atoms with E-state index in [1.54, 1.807) is 0 Å². The van der Waals surface area contributed by atoms with Crippen molar-refractivity contribution in [1.29, 1.82) is 0 Å². The molecule has 0 N–H and O–H groups in total. The van der Waals surface area contributed by atoms with Gasteiger partial charge in [0.1, 0.15) is 11.2 Å². The molecule has 0 atom stereocenters. The zero-order valence-corrected chi connectivity index (χ0v) is 30.4. The Kier molecular flexibility index (Phi) is 7.39. The summed E-state index contributed by atoms with van der Waals surface area (Å²) in [5.41, 5.74) is 15.8. The molecule has 0 saturated heterocycles. The topological polar surface area (TPSA) is 38.9 Å². The first kappa shape index (κ1) is 32.1. The highest BCUT2D eigenvalue weighted by Gasteiger charge is 2.45. The quantitative estimate of drug-likeness (QED) is 0.172. The van der Waals surface area contributed by atoms with Gasteiger partial charge in [0.15, 0.2) is 5.82 Å². The van der Waals surface area contributed by atoms with Crippen molar-refractivity contribution in [3.63, 3.8) is 0 Å². The smallest absolute Gasteiger partial charge is 0.160 e. The molecular weight excluding hydrogens is 681 g/mol. The van der Waals surface area contributed by atoms with Crippen molar-refractivity contribution in [2.24, 2.45) is 0 Å². The number of nitrogens with zero attached hydrogens (tertiary/aromatic N) is 2. The average Bonchev–Trinajstić information content (AvgIpc) is 3.81. The monoisotopic (exact) mass is 714 g/mol. The summed E-state index contributed by atoms with van der Waals surface area (Å²) in [5.74, 6) is 0.686. The lowest BCUT2D eigenvalue weighted by atomic mass is 9.67. The molecule has 8 aromatic carbocycles. The Morgan fingerprint density at radius 2 is 0.893 bits per heavy atom. The molecule has 2 aromatic heterocycles. The molecule has 0 unspecified atom stereocenters. The lowest BCUT2D eigenvalue weighted by Crippen LogP contribution is -2.28. The fourth-order valence-corrected chi connectivity index (χ4v) is 8.88. The summed E-state index contributed by atoms with van der Waals surface area (Å²) < 4.78 is 6.43. The van der Waals surface area contributed by atoms with Crippen molar-refractivity contribution in [3.05, 3.63) is 229 Å². The fraction of sp³-hybridized carbons (Fsp3) is 0.0189. The summed E-state index contributed by atoms with van der Waals surface area (Å²) in [4.78, 5) is 10.4. The van der Waals surface area contributed by atoms with Gasteiger partial charge in [0.05, 0.1) is 16.8 Å². The Bertz CT molecular complexity index is 3030. The van der Waals surface area contributed by atoms with Crippen LogP contribution in [0.25, 0.3) is 78.1 Å². The van der Waals surface area contributed by atoms with Crippen molar-refractivity contribution in [2.45, 2.75) is 5.41 Å². The number of rotatable bonds is 6. The molecule has 2 heterocycles. The average molecular weight is 715 g/mol. The number of hydrogen-bond acceptors (Lipinski definition) is 3. The van der Waals surface area contributed by atoms with E-state index in [-0.39, 0.29) is 0 Å². The van der Waals surface area contributed by atoms with Crippen LogP contribution in [0.1, 0.15) is 22.3 Å². The number of para-hydroxylation sites is 2. The van der Waals surface area contributed by atoms with Crippen LogP contribution in [0.4, 0.5) is 0 Å². The van der Waals surface area contributed by atoms with Gasteiger partial charge < -0.3 is 4.42 Å². The molecule has 3 nitrogen and oxygen atoms in total. The Morgan fingerprint density at radius 1 is 0.357 bits per heavy atom. The maximum atomic E-state index is 6.43. The van der Waals surface area contributed by atoms with Crippen molar-refractivity contribution in [2.75, 3.05) is 0 Å². The van der Waals surface area contributed by atoms with Gasteiger partial charge in [-0.2, -0.15) is 0 Å². The standard InChI is InChI=1S/C53H34N2O/c1-3-15-36(16-4-1)52-54-48(34-49(55-52)38-18-13-17-37(33-38)41-24-14-25-45-44-23-9-12-28-50(44)56-51(41)45)35-29-31-40(32-30-35)53(39-19-5-2-6-20-39)46-26-10-7-21-42(46)43-22-8-11-27-47(43)53/h1-34H. The van der Waals surface area contributed by atoms with E-state index in [0.29, 0.717) is 5.82 Å². The van der Waals surface area contributed by atoms with Gasteiger partial charge in [-0.3, -0.25) is 0 Å². The van der Waals surface area contributed by atoms with E-state index >= 15 is 0 Å². The molecule has 0 fully saturated rings. The Morgan fingerprint density at radius 3 is 1.64 bits per heavy atom. The maximum Gasteiger partial charge on any atom is 0.160 e. The van der Waals surface area contributed by atoms with Gasteiger partial charge in [0, 0.05) is 33.0 Å². The van der Waals surface area contributed by atoms with Crippen molar-refractivity contribution >= 4 is 21.9 Å². The van der Waals surface area contributed by atoms with Gasteiger partial charge in [-0.05, 0) is 57.1 Å². The summed E-state index contributed by atoms with van der Waals surface area (Å²) in [7, 11) is 0. The minimum absolute atomic E-state index is 0.456. The van der Waals surface area contributed by atoms with Gasteiger partial charge in [-0.1, -0.05) is 188 Å². The second-order valence-electron chi connectivity index (χ2n) is 14.5. The summed E-state index contributed by atoms with van der Waals surface area (Å²) in [5, 5.41) is 2.23. The van der Waals surface area contributed by atoms with Crippen LogP contribution >= 0.6 is 0 Å². The molecule has 1 aliphatic carbocycles. The molecule has 1 aliphatic rings. The molecule has 0 aliphatic heterocycles. The largest absolute Gasteiger partial charge is 0.455 e. The molecule has 3 heteroatoms. The number of hydrogen-bond donors (Lipinski definition) is 0. The summed E-state index contributed by atoms with van der Waals surface area (Å²) in [6.07, 6.45) is 0. The first-order valence-electron chi connectivity index (χ1n) is 19.1. The van der Waals surface area contributed by atoms with Crippen LogP contribution in [0, 0.1) is 0 Å². The minimum Gasteiger partial charge on any atom is -0.455 e. The van der Waals surface area contributed by atoms with Gasteiger partial charge in [-0.25, -0.2) is 9.97 Å².